The van der Waals surface area contributed by atoms with Crippen molar-refractivity contribution >= 4 is 15.9 Å². The second-order valence-corrected chi connectivity index (χ2v) is 4.97. The minimum atomic E-state index is 0.602. The molecule has 102 valence electrons. The van der Waals surface area contributed by atoms with Gasteiger partial charge in [-0.1, -0.05) is 46.3 Å². The molecular weight excluding hydrogens is 320 g/mol. The number of tetrazole rings is 1. The summed E-state index contributed by atoms with van der Waals surface area (Å²) < 4.78 is 1.77. The normalized spacial score (nSPS) is 10.9. The van der Waals surface area contributed by atoms with Gasteiger partial charge in [-0.3, -0.25) is 0 Å². The van der Waals surface area contributed by atoms with Crippen LogP contribution in [0.3, 0.4) is 0 Å². The van der Waals surface area contributed by atoms with Gasteiger partial charge >= 0.3 is 0 Å². The van der Waals surface area contributed by atoms with E-state index in [0.29, 0.717) is 11.2 Å². The number of aryl methyl sites for hydroxylation is 2. The predicted molar refractivity (Wildman–Crippen MR) is 78.7 cm³/mol. The summed E-state index contributed by atoms with van der Waals surface area (Å²) in [5, 5.41) is 17.8. The Balaban J connectivity index is 2.07. The number of nitrogens with zero attached hydrogens (tertiary/aromatic N) is 6. The molecule has 0 saturated heterocycles. The van der Waals surface area contributed by atoms with Crippen LogP contribution in [0.15, 0.2) is 30.3 Å². The third-order valence-corrected chi connectivity index (χ3v) is 3.64. The van der Waals surface area contributed by atoms with E-state index in [4.69, 9.17) is 0 Å². The Hall–Kier alpha value is -2.02. The van der Waals surface area contributed by atoms with Crippen LogP contribution in [0.2, 0.25) is 0 Å². The molecule has 0 atom stereocenters. The summed E-state index contributed by atoms with van der Waals surface area (Å²) in [4.78, 5) is 1.53. The van der Waals surface area contributed by atoms with Crippen LogP contribution in [-0.2, 0) is 12.4 Å². The summed E-state index contributed by atoms with van der Waals surface area (Å²) in [5.41, 5.74) is 2.96. The molecule has 0 unspecified atom stereocenters. The lowest BCUT2D eigenvalue weighted by molar-refractivity contribution is 0.630. The first-order valence-corrected chi connectivity index (χ1v) is 7.27. The predicted octanol–water partition coefficient (Wildman–Crippen LogP) is 2.27. The number of alkyl halides is 1. The largest absolute Gasteiger partial charge is 0.249 e. The lowest BCUT2D eigenvalue weighted by Gasteiger charge is -2.01. The summed E-state index contributed by atoms with van der Waals surface area (Å²) in [6, 6.07) is 9.78. The Morgan fingerprint density at radius 2 is 1.90 bits per heavy atom. The third kappa shape index (κ3) is 2.14. The molecule has 7 heteroatoms. The van der Waals surface area contributed by atoms with Crippen molar-refractivity contribution in [3.8, 4) is 17.2 Å². The van der Waals surface area contributed by atoms with Gasteiger partial charge in [0.25, 0.3) is 0 Å². The molecule has 6 nitrogen and oxygen atoms in total. The van der Waals surface area contributed by atoms with Crippen molar-refractivity contribution in [1.82, 2.24) is 30.0 Å². The molecule has 0 aliphatic heterocycles. The van der Waals surface area contributed by atoms with Crippen LogP contribution in [0.1, 0.15) is 11.3 Å². The Kier molecular flexibility index (Phi) is 3.35. The topological polar surface area (TPSA) is 61.4 Å². The van der Waals surface area contributed by atoms with Crippen molar-refractivity contribution in [3.63, 3.8) is 0 Å². The molecule has 3 aromatic rings. The summed E-state index contributed by atoms with van der Waals surface area (Å²) in [6.07, 6.45) is 0. The van der Waals surface area contributed by atoms with Gasteiger partial charge in [-0.05, 0) is 12.1 Å². The first-order chi connectivity index (χ1) is 9.70. The smallest absolute Gasteiger partial charge is 0.205 e. The van der Waals surface area contributed by atoms with E-state index in [1.165, 1.54) is 4.80 Å². The number of hydrogen-bond acceptors (Lipinski definition) is 4. The molecule has 0 amide bonds. The van der Waals surface area contributed by atoms with E-state index in [-0.39, 0.29) is 0 Å². The average Bonchev–Trinajstić information content (AvgIpc) is 3.03. The van der Waals surface area contributed by atoms with E-state index in [2.05, 4.69) is 36.4 Å². The van der Waals surface area contributed by atoms with Crippen LogP contribution >= 0.6 is 15.9 Å². The summed E-state index contributed by atoms with van der Waals surface area (Å²) >= 11 is 3.48. The van der Waals surface area contributed by atoms with Crippen LogP contribution in [0.25, 0.3) is 17.2 Å². The molecule has 1 aromatic carbocycles. The van der Waals surface area contributed by atoms with E-state index in [0.717, 1.165) is 22.6 Å². The van der Waals surface area contributed by atoms with E-state index in [9.17, 15) is 0 Å². The van der Waals surface area contributed by atoms with E-state index >= 15 is 0 Å². The fourth-order valence-corrected chi connectivity index (χ4v) is 2.76. The number of benzene rings is 1. The summed E-state index contributed by atoms with van der Waals surface area (Å²) in [6.45, 7) is 1.97. The van der Waals surface area contributed by atoms with E-state index in [1.54, 1.807) is 4.68 Å². The van der Waals surface area contributed by atoms with Crippen molar-refractivity contribution < 1.29 is 0 Å². The lowest BCUT2D eigenvalue weighted by Crippen LogP contribution is -2.08. The molecule has 0 aliphatic carbocycles. The standard InChI is InChI=1S/C13H13BrN6/c1-9-11(8-14)13(19(2)16-9)20-17-12(15-18-20)10-6-4-3-5-7-10/h3-7H,8H2,1-2H3. The fourth-order valence-electron chi connectivity index (χ4n) is 2.10. The van der Waals surface area contributed by atoms with E-state index in [1.807, 2.05) is 44.3 Å². The van der Waals surface area contributed by atoms with Gasteiger partial charge in [-0.25, -0.2) is 4.68 Å². The maximum Gasteiger partial charge on any atom is 0.205 e. The summed E-state index contributed by atoms with van der Waals surface area (Å²) in [5.74, 6) is 1.43. The number of rotatable bonds is 3. The van der Waals surface area contributed by atoms with Gasteiger partial charge in [0, 0.05) is 23.5 Å². The van der Waals surface area contributed by atoms with Gasteiger partial charge in [-0.15, -0.1) is 15.0 Å². The van der Waals surface area contributed by atoms with Crippen LogP contribution in [0.5, 0.6) is 0 Å². The Morgan fingerprint density at radius 3 is 2.60 bits per heavy atom. The first kappa shape index (κ1) is 13.0. The van der Waals surface area contributed by atoms with Gasteiger partial charge in [0.2, 0.25) is 5.82 Å². The van der Waals surface area contributed by atoms with Crippen molar-refractivity contribution in [3.05, 3.63) is 41.6 Å². The molecule has 2 aromatic heterocycles. The first-order valence-electron chi connectivity index (χ1n) is 6.15. The quantitative estimate of drug-likeness (QED) is 0.690. The molecule has 0 saturated carbocycles. The van der Waals surface area contributed by atoms with Crippen molar-refractivity contribution in [2.45, 2.75) is 12.3 Å². The zero-order chi connectivity index (χ0) is 14.1. The van der Waals surface area contributed by atoms with Gasteiger partial charge in [0.15, 0.2) is 5.82 Å². The second kappa shape index (κ2) is 5.16. The number of hydrogen-bond donors (Lipinski definition) is 0. The van der Waals surface area contributed by atoms with Crippen LogP contribution in [-0.4, -0.2) is 30.0 Å². The maximum absolute atomic E-state index is 4.45. The monoisotopic (exact) mass is 332 g/mol. The molecule has 0 spiro atoms. The van der Waals surface area contributed by atoms with Crippen LogP contribution in [0, 0.1) is 6.92 Å². The Morgan fingerprint density at radius 1 is 1.15 bits per heavy atom. The minimum Gasteiger partial charge on any atom is -0.249 e. The van der Waals surface area contributed by atoms with E-state index < -0.39 is 0 Å². The van der Waals surface area contributed by atoms with Gasteiger partial charge in [0.05, 0.1) is 5.69 Å². The van der Waals surface area contributed by atoms with Gasteiger partial charge in [-0.2, -0.15) is 5.10 Å². The molecule has 0 aliphatic rings. The van der Waals surface area contributed by atoms with Gasteiger partial charge in [0.1, 0.15) is 0 Å². The van der Waals surface area contributed by atoms with Crippen molar-refractivity contribution in [1.29, 1.82) is 0 Å². The van der Waals surface area contributed by atoms with Crippen molar-refractivity contribution in [2.75, 3.05) is 0 Å². The molecule has 0 radical (unpaired) electrons. The molecule has 0 fully saturated rings. The Bertz CT molecular complexity index is 731. The lowest BCUT2D eigenvalue weighted by atomic mass is 10.2. The highest BCUT2D eigenvalue weighted by Gasteiger charge is 2.17. The van der Waals surface area contributed by atoms with Crippen LogP contribution in [0.4, 0.5) is 0 Å². The Labute approximate surface area is 124 Å². The minimum absolute atomic E-state index is 0.602. The zero-order valence-corrected chi connectivity index (χ0v) is 12.7. The summed E-state index contributed by atoms with van der Waals surface area (Å²) in [7, 11) is 1.88. The number of aromatic nitrogens is 6. The highest BCUT2D eigenvalue weighted by molar-refractivity contribution is 9.08. The SMILES string of the molecule is Cc1nn(C)c(-n2nnc(-c3ccccc3)n2)c1CBr. The second-order valence-electron chi connectivity index (χ2n) is 4.41. The highest BCUT2D eigenvalue weighted by atomic mass is 79.9. The molecule has 0 bridgehead atoms. The maximum atomic E-state index is 4.45. The average molecular weight is 333 g/mol. The van der Waals surface area contributed by atoms with Crippen molar-refractivity contribution in [2.24, 2.45) is 7.05 Å². The molecule has 2 heterocycles. The number of halogens is 1. The highest BCUT2D eigenvalue weighted by Crippen LogP contribution is 2.20. The molecule has 3 rings (SSSR count). The van der Waals surface area contributed by atoms with Gasteiger partial charge < -0.3 is 0 Å². The van der Waals surface area contributed by atoms with Crippen LogP contribution < -0.4 is 0 Å². The fraction of sp³-hybridized carbons (Fsp3) is 0.231. The third-order valence-electron chi connectivity index (χ3n) is 3.08. The molecule has 0 N–H and O–H groups in total. The molecule has 20 heavy (non-hydrogen) atoms. The molecular formula is C13H13BrN6. The zero-order valence-electron chi connectivity index (χ0n) is 11.2.